The summed E-state index contributed by atoms with van der Waals surface area (Å²) in [5.41, 5.74) is 0. The summed E-state index contributed by atoms with van der Waals surface area (Å²) in [7, 11) is -3.17. The molecule has 7 nitrogen and oxygen atoms in total. The fourth-order valence-electron chi connectivity index (χ4n) is 2.16. The molecular weight excluding hydrogens is 296 g/mol. The Morgan fingerprint density at radius 1 is 1.38 bits per heavy atom. The van der Waals surface area contributed by atoms with Gasteiger partial charge in [0.15, 0.2) is 9.84 Å². The van der Waals surface area contributed by atoms with Crippen LogP contribution in [0.1, 0.15) is 32.6 Å². The van der Waals surface area contributed by atoms with Gasteiger partial charge in [-0.25, -0.2) is 13.2 Å². The number of carbonyl (C=O) groups is 2. The van der Waals surface area contributed by atoms with Crippen LogP contribution in [-0.4, -0.2) is 43.9 Å². The number of hydrogen-bond acceptors (Lipinski definition) is 4. The number of carboxylic acids is 1. The van der Waals surface area contributed by atoms with Crippen molar-refractivity contribution in [1.29, 1.82) is 0 Å². The molecule has 2 unspecified atom stereocenters. The monoisotopic (exact) mass is 318 g/mol. The van der Waals surface area contributed by atoms with Gasteiger partial charge in [-0.05, 0) is 24.8 Å². The molecule has 1 heterocycles. The maximum atomic E-state index is 11.6. The summed E-state index contributed by atoms with van der Waals surface area (Å²) in [5, 5.41) is 15.0. The van der Waals surface area contributed by atoms with E-state index in [0.29, 0.717) is 19.4 Å². The van der Waals surface area contributed by atoms with E-state index in [1.54, 1.807) is 0 Å². The molecule has 1 aliphatic heterocycles. The fourth-order valence-corrected chi connectivity index (χ4v) is 3.39. The smallest absolute Gasteiger partial charge is 0.315 e. The average Bonchev–Trinajstić information content (AvgIpc) is 2.72. The lowest BCUT2D eigenvalue weighted by atomic mass is 9.97. The minimum atomic E-state index is -3.17. The standard InChI is InChI=1S/C13H22N2O5S/c1-2-10(3-4-12(16)17)5-7-14-13(18)15-11-6-8-21(19,20)9-11/h6,8,10-11H,2-5,7,9H2,1H3,(H,16,17)(H2,14,15,18). The Labute approximate surface area is 124 Å². The highest BCUT2D eigenvalue weighted by Crippen LogP contribution is 2.14. The molecule has 8 heteroatoms. The van der Waals surface area contributed by atoms with Crippen molar-refractivity contribution < 1.29 is 23.1 Å². The Morgan fingerprint density at radius 3 is 2.62 bits per heavy atom. The molecule has 21 heavy (non-hydrogen) atoms. The molecule has 0 aromatic carbocycles. The van der Waals surface area contributed by atoms with Gasteiger partial charge in [-0.3, -0.25) is 4.79 Å². The van der Waals surface area contributed by atoms with Gasteiger partial charge in [0, 0.05) is 18.4 Å². The molecule has 0 aliphatic carbocycles. The molecule has 0 spiro atoms. The predicted octanol–water partition coefficient (Wildman–Crippen LogP) is 0.877. The van der Waals surface area contributed by atoms with E-state index in [1.165, 1.54) is 6.08 Å². The molecule has 0 saturated heterocycles. The van der Waals surface area contributed by atoms with Crippen molar-refractivity contribution in [3.05, 3.63) is 11.5 Å². The van der Waals surface area contributed by atoms with Crippen molar-refractivity contribution in [3.8, 4) is 0 Å². The second-order valence-corrected chi connectivity index (χ2v) is 7.09. The van der Waals surface area contributed by atoms with Gasteiger partial charge in [-0.2, -0.15) is 0 Å². The summed E-state index contributed by atoms with van der Waals surface area (Å²) < 4.78 is 22.4. The molecule has 0 fully saturated rings. The topological polar surface area (TPSA) is 113 Å². The highest BCUT2D eigenvalue weighted by molar-refractivity contribution is 7.94. The molecule has 0 bridgehead atoms. The lowest BCUT2D eigenvalue weighted by molar-refractivity contribution is -0.137. The molecule has 2 amide bonds. The molecular formula is C13H22N2O5S. The van der Waals surface area contributed by atoms with Crippen LogP contribution >= 0.6 is 0 Å². The Hall–Kier alpha value is -1.57. The molecule has 2 atom stereocenters. The highest BCUT2D eigenvalue weighted by atomic mass is 32.2. The summed E-state index contributed by atoms with van der Waals surface area (Å²) in [6, 6.07) is -0.890. The molecule has 0 radical (unpaired) electrons. The Bertz CT molecular complexity index is 501. The van der Waals surface area contributed by atoms with Crippen molar-refractivity contribution in [2.75, 3.05) is 12.3 Å². The van der Waals surface area contributed by atoms with Crippen LogP contribution in [0.2, 0.25) is 0 Å². The van der Waals surface area contributed by atoms with Crippen LogP contribution in [0.4, 0.5) is 4.79 Å². The Kier molecular flexibility index (Phi) is 6.67. The van der Waals surface area contributed by atoms with Crippen LogP contribution in [0.3, 0.4) is 0 Å². The average molecular weight is 318 g/mol. The van der Waals surface area contributed by atoms with Crippen LogP contribution in [0.5, 0.6) is 0 Å². The van der Waals surface area contributed by atoms with Crippen molar-refractivity contribution in [1.82, 2.24) is 10.6 Å². The molecule has 120 valence electrons. The summed E-state index contributed by atoms with van der Waals surface area (Å²) in [5.74, 6) is -0.655. The lowest BCUT2D eigenvalue weighted by Gasteiger charge is -2.15. The summed E-state index contributed by atoms with van der Waals surface area (Å²) >= 11 is 0. The summed E-state index contributed by atoms with van der Waals surface area (Å²) in [4.78, 5) is 22.1. The minimum absolute atomic E-state index is 0.101. The quantitative estimate of drug-likeness (QED) is 0.615. The van der Waals surface area contributed by atoms with Crippen molar-refractivity contribution in [3.63, 3.8) is 0 Å². The minimum Gasteiger partial charge on any atom is -0.481 e. The van der Waals surface area contributed by atoms with Gasteiger partial charge < -0.3 is 15.7 Å². The van der Waals surface area contributed by atoms with Crippen LogP contribution in [0, 0.1) is 5.92 Å². The largest absolute Gasteiger partial charge is 0.481 e. The zero-order valence-corrected chi connectivity index (χ0v) is 12.9. The SMILES string of the molecule is CCC(CCNC(=O)NC1C=CS(=O)(=O)C1)CCC(=O)O. The molecule has 0 aromatic rings. The van der Waals surface area contributed by atoms with Crippen LogP contribution < -0.4 is 10.6 Å². The van der Waals surface area contributed by atoms with Gasteiger partial charge in [0.1, 0.15) is 0 Å². The van der Waals surface area contributed by atoms with E-state index < -0.39 is 27.9 Å². The Morgan fingerprint density at radius 2 is 2.10 bits per heavy atom. The first-order valence-electron chi connectivity index (χ1n) is 6.99. The number of carbonyl (C=O) groups excluding carboxylic acids is 1. The van der Waals surface area contributed by atoms with Crippen molar-refractivity contribution >= 4 is 21.8 Å². The second-order valence-electron chi connectivity index (χ2n) is 5.16. The normalized spacial score (nSPS) is 20.9. The van der Waals surface area contributed by atoms with Gasteiger partial charge in [0.2, 0.25) is 0 Å². The number of sulfone groups is 1. The molecule has 1 aliphatic rings. The lowest BCUT2D eigenvalue weighted by Crippen LogP contribution is -2.43. The number of carboxylic acid groups (broad SMARTS) is 1. The fraction of sp³-hybridized carbons (Fsp3) is 0.692. The number of urea groups is 1. The van der Waals surface area contributed by atoms with Gasteiger partial charge in [0.25, 0.3) is 0 Å². The van der Waals surface area contributed by atoms with Gasteiger partial charge in [-0.1, -0.05) is 13.3 Å². The number of rotatable bonds is 8. The third kappa shape index (κ3) is 7.12. The van der Waals surface area contributed by atoms with Crippen molar-refractivity contribution in [2.24, 2.45) is 5.92 Å². The van der Waals surface area contributed by atoms with Crippen LogP contribution in [0.15, 0.2) is 11.5 Å². The van der Waals surface area contributed by atoms with Crippen molar-refractivity contribution in [2.45, 2.75) is 38.6 Å². The van der Waals surface area contributed by atoms with Gasteiger partial charge in [-0.15, -0.1) is 0 Å². The van der Waals surface area contributed by atoms with E-state index in [0.717, 1.165) is 11.8 Å². The van der Waals surface area contributed by atoms with E-state index in [-0.39, 0.29) is 18.1 Å². The van der Waals surface area contributed by atoms with E-state index in [2.05, 4.69) is 10.6 Å². The first kappa shape index (κ1) is 17.5. The third-order valence-electron chi connectivity index (χ3n) is 3.43. The molecule has 0 saturated carbocycles. The maximum absolute atomic E-state index is 11.6. The van der Waals surface area contributed by atoms with Gasteiger partial charge in [0.05, 0.1) is 11.8 Å². The van der Waals surface area contributed by atoms with E-state index in [9.17, 15) is 18.0 Å². The van der Waals surface area contributed by atoms with Crippen LogP contribution in [-0.2, 0) is 14.6 Å². The molecule has 3 N–H and O–H groups in total. The van der Waals surface area contributed by atoms with E-state index in [1.807, 2.05) is 6.92 Å². The summed E-state index contributed by atoms with van der Waals surface area (Å²) in [6.45, 7) is 2.42. The number of amides is 2. The number of aliphatic carboxylic acids is 1. The molecule has 1 rings (SSSR count). The zero-order valence-electron chi connectivity index (χ0n) is 12.0. The van der Waals surface area contributed by atoms with E-state index in [4.69, 9.17) is 5.11 Å². The van der Waals surface area contributed by atoms with Crippen LogP contribution in [0.25, 0.3) is 0 Å². The second kappa shape index (κ2) is 8.02. The number of hydrogen-bond donors (Lipinski definition) is 3. The maximum Gasteiger partial charge on any atom is 0.315 e. The molecule has 0 aromatic heterocycles. The van der Waals surface area contributed by atoms with E-state index >= 15 is 0 Å². The highest BCUT2D eigenvalue weighted by Gasteiger charge is 2.22. The number of nitrogens with one attached hydrogen (secondary N) is 2. The first-order valence-corrected chi connectivity index (χ1v) is 8.71. The third-order valence-corrected chi connectivity index (χ3v) is 4.82. The summed E-state index contributed by atoms with van der Waals surface area (Å²) in [6.07, 6.45) is 3.75. The Balaban J connectivity index is 2.21. The zero-order chi connectivity index (χ0) is 15.9. The predicted molar refractivity (Wildman–Crippen MR) is 78.5 cm³/mol. The van der Waals surface area contributed by atoms with Gasteiger partial charge >= 0.3 is 12.0 Å². The first-order chi connectivity index (χ1) is 9.82.